The summed E-state index contributed by atoms with van der Waals surface area (Å²) in [5, 5.41) is 3.13. The third-order valence-corrected chi connectivity index (χ3v) is 3.33. The van der Waals surface area contributed by atoms with Gasteiger partial charge in [-0.25, -0.2) is 9.97 Å². The maximum atomic E-state index is 12.5. The molecule has 0 aliphatic carbocycles. The van der Waals surface area contributed by atoms with Crippen molar-refractivity contribution in [2.75, 3.05) is 39.5 Å². The van der Waals surface area contributed by atoms with E-state index in [1.54, 1.807) is 24.2 Å². The maximum absolute atomic E-state index is 12.5. The fourth-order valence-corrected chi connectivity index (χ4v) is 2.08. The normalized spacial score (nSPS) is 10.6. The van der Waals surface area contributed by atoms with E-state index < -0.39 is 0 Å². The van der Waals surface area contributed by atoms with Gasteiger partial charge in [-0.3, -0.25) is 4.79 Å². The highest BCUT2D eigenvalue weighted by Crippen LogP contribution is 2.08. The number of benzene rings is 1. The summed E-state index contributed by atoms with van der Waals surface area (Å²) in [6.45, 7) is 2.15. The molecule has 0 aliphatic heterocycles. The number of anilines is 1. The molecule has 122 valence electrons. The van der Waals surface area contributed by atoms with E-state index in [1.807, 2.05) is 44.4 Å². The monoisotopic (exact) mass is 313 g/mol. The van der Waals surface area contributed by atoms with Gasteiger partial charge in [0, 0.05) is 32.9 Å². The Kier molecular flexibility index (Phi) is 6.05. The number of likely N-dealkylation sites (N-methyl/N-ethyl adjacent to an activating group) is 1. The number of rotatable bonds is 7. The van der Waals surface area contributed by atoms with Gasteiger partial charge in [0.05, 0.1) is 0 Å². The molecule has 0 unspecified atom stereocenters. The molecular formula is C17H23N5O. The molecule has 1 heterocycles. The van der Waals surface area contributed by atoms with E-state index in [1.165, 1.54) is 0 Å². The minimum atomic E-state index is -0.119. The molecule has 23 heavy (non-hydrogen) atoms. The lowest BCUT2D eigenvalue weighted by molar-refractivity contribution is 0.0779. The molecule has 0 aliphatic rings. The summed E-state index contributed by atoms with van der Waals surface area (Å²) < 4.78 is 0. The van der Waals surface area contributed by atoms with Crippen molar-refractivity contribution in [2.45, 2.75) is 6.54 Å². The first-order valence-corrected chi connectivity index (χ1v) is 7.57. The Balaban J connectivity index is 1.98. The largest absolute Gasteiger partial charge is 0.353 e. The lowest BCUT2D eigenvalue weighted by Gasteiger charge is -2.17. The van der Waals surface area contributed by atoms with Gasteiger partial charge in [0.15, 0.2) is 0 Å². The second-order valence-electron chi connectivity index (χ2n) is 5.64. The summed E-state index contributed by atoms with van der Waals surface area (Å²) in [5.74, 6) is 0.359. The fraction of sp³-hybridized carbons (Fsp3) is 0.353. The standard InChI is InChI=1S/C17H23N5O/c1-21(2)12-11-19-17-18-10-9-15(20-17)16(23)22(3)13-14-7-5-4-6-8-14/h4-10H,11-13H2,1-3H3,(H,18,19,20). The Morgan fingerprint density at radius 3 is 2.57 bits per heavy atom. The van der Waals surface area contributed by atoms with Crippen LogP contribution in [0.2, 0.25) is 0 Å². The number of hydrogen-bond acceptors (Lipinski definition) is 5. The van der Waals surface area contributed by atoms with E-state index in [4.69, 9.17) is 0 Å². The first-order valence-electron chi connectivity index (χ1n) is 7.57. The van der Waals surface area contributed by atoms with E-state index in [0.717, 1.165) is 18.7 Å². The third kappa shape index (κ3) is 5.34. The highest BCUT2D eigenvalue weighted by atomic mass is 16.2. The van der Waals surface area contributed by atoms with Crippen LogP contribution in [0.1, 0.15) is 16.1 Å². The van der Waals surface area contributed by atoms with Crippen molar-refractivity contribution in [1.29, 1.82) is 0 Å². The Morgan fingerprint density at radius 2 is 1.87 bits per heavy atom. The maximum Gasteiger partial charge on any atom is 0.272 e. The molecule has 0 spiro atoms. The van der Waals surface area contributed by atoms with Crippen molar-refractivity contribution < 1.29 is 4.79 Å². The van der Waals surface area contributed by atoms with Gasteiger partial charge in [-0.15, -0.1) is 0 Å². The zero-order valence-electron chi connectivity index (χ0n) is 13.9. The molecule has 2 rings (SSSR count). The Hall–Kier alpha value is -2.47. The van der Waals surface area contributed by atoms with Crippen LogP contribution in [0, 0.1) is 0 Å². The van der Waals surface area contributed by atoms with Crippen molar-refractivity contribution in [1.82, 2.24) is 19.8 Å². The average Bonchev–Trinajstić information content (AvgIpc) is 2.55. The van der Waals surface area contributed by atoms with Gasteiger partial charge < -0.3 is 15.1 Å². The van der Waals surface area contributed by atoms with Gasteiger partial charge in [-0.1, -0.05) is 30.3 Å². The van der Waals surface area contributed by atoms with Crippen LogP contribution < -0.4 is 5.32 Å². The van der Waals surface area contributed by atoms with Crippen molar-refractivity contribution in [3.05, 3.63) is 53.9 Å². The number of aromatic nitrogens is 2. The van der Waals surface area contributed by atoms with E-state index in [0.29, 0.717) is 18.2 Å². The Bertz CT molecular complexity index is 630. The molecular weight excluding hydrogens is 290 g/mol. The number of carbonyl (C=O) groups excluding carboxylic acids is 1. The zero-order valence-corrected chi connectivity index (χ0v) is 13.9. The van der Waals surface area contributed by atoms with Crippen LogP contribution in [-0.4, -0.2) is 59.9 Å². The molecule has 1 aromatic heterocycles. The minimum Gasteiger partial charge on any atom is -0.353 e. The summed E-state index contributed by atoms with van der Waals surface area (Å²) in [6, 6.07) is 11.5. The highest BCUT2D eigenvalue weighted by molar-refractivity contribution is 5.92. The first-order chi connectivity index (χ1) is 11.1. The summed E-state index contributed by atoms with van der Waals surface area (Å²) in [6.07, 6.45) is 1.61. The second kappa shape index (κ2) is 8.24. The third-order valence-electron chi connectivity index (χ3n) is 3.33. The molecule has 1 N–H and O–H groups in total. The van der Waals surface area contributed by atoms with Crippen molar-refractivity contribution in [3.8, 4) is 0 Å². The lowest BCUT2D eigenvalue weighted by Crippen LogP contribution is -2.27. The van der Waals surface area contributed by atoms with Crippen LogP contribution in [0.5, 0.6) is 0 Å². The second-order valence-corrected chi connectivity index (χ2v) is 5.64. The van der Waals surface area contributed by atoms with Crippen LogP contribution in [-0.2, 0) is 6.54 Å². The Labute approximate surface area is 137 Å². The van der Waals surface area contributed by atoms with Crippen molar-refractivity contribution in [2.24, 2.45) is 0 Å². The van der Waals surface area contributed by atoms with Crippen molar-refractivity contribution >= 4 is 11.9 Å². The van der Waals surface area contributed by atoms with Gasteiger partial charge in [0.25, 0.3) is 5.91 Å². The van der Waals surface area contributed by atoms with E-state index in [9.17, 15) is 4.79 Å². The number of amides is 1. The van der Waals surface area contributed by atoms with Gasteiger partial charge in [-0.2, -0.15) is 0 Å². The minimum absolute atomic E-state index is 0.119. The van der Waals surface area contributed by atoms with E-state index in [2.05, 4.69) is 20.2 Å². The smallest absolute Gasteiger partial charge is 0.272 e. The van der Waals surface area contributed by atoms with Crippen LogP contribution in [0.25, 0.3) is 0 Å². The fourth-order valence-electron chi connectivity index (χ4n) is 2.08. The molecule has 6 heteroatoms. The van der Waals surface area contributed by atoms with Crippen LogP contribution in [0.3, 0.4) is 0 Å². The van der Waals surface area contributed by atoms with Crippen LogP contribution >= 0.6 is 0 Å². The highest BCUT2D eigenvalue weighted by Gasteiger charge is 2.14. The number of carbonyl (C=O) groups is 1. The van der Waals surface area contributed by atoms with Gasteiger partial charge in [0.1, 0.15) is 5.69 Å². The van der Waals surface area contributed by atoms with Gasteiger partial charge >= 0.3 is 0 Å². The van der Waals surface area contributed by atoms with Crippen LogP contribution in [0.15, 0.2) is 42.6 Å². The summed E-state index contributed by atoms with van der Waals surface area (Å²) in [7, 11) is 5.78. The molecule has 0 saturated heterocycles. The predicted octanol–water partition coefficient (Wildman–Crippen LogP) is 1.72. The molecule has 0 saturated carbocycles. The molecule has 1 aromatic carbocycles. The molecule has 6 nitrogen and oxygen atoms in total. The molecule has 0 fully saturated rings. The first kappa shape index (κ1) is 16.9. The van der Waals surface area contributed by atoms with Gasteiger partial charge in [0.2, 0.25) is 5.95 Å². The van der Waals surface area contributed by atoms with Gasteiger partial charge in [-0.05, 0) is 25.7 Å². The Morgan fingerprint density at radius 1 is 1.13 bits per heavy atom. The lowest BCUT2D eigenvalue weighted by atomic mass is 10.2. The number of nitrogens with zero attached hydrogens (tertiary/aromatic N) is 4. The van der Waals surface area contributed by atoms with Crippen LogP contribution in [0.4, 0.5) is 5.95 Å². The topological polar surface area (TPSA) is 61.4 Å². The molecule has 0 radical (unpaired) electrons. The summed E-state index contributed by atoms with van der Waals surface area (Å²) >= 11 is 0. The quantitative estimate of drug-likeness (QED) is 0.843. The number of nitrogens with one attached hydrogen (secondary N) is 1. The summed E-state index contributed by atoms with van der Waals surface area (Å²) in [4.78, 5) is 24.7. The number of hydrogen-bond donors (Lipinski definition) is 1. The SMILES string of the molecule is CN(C)CCNc1nccc(C(=O)N(C)Cc2ccccc2)n1. The zero-order chi connectivity index (χ0) is 16.7. The van der Waals surface area contributed by atoms with E-state index >= 15 is 0 Å². The van der Waals surface area contributed by atoms with E-state index in [-0.39, 0.29) is 5.91 Å². The molecule has 1 amide bonds. The average molecular weight is 313 g/mol. The molecule has 0 atom stereocenters. The van der Waals surface area contributed by atoms with Crippen molar-refractivity contribution in [3.63, 3.8) is 0 Å². The molecule has 2 aromatic rings. The predicted molar refractivity (Wildman–Crippen MR) is 91.3 cm³/mol. The molecule has 0 bridgehead atoms. The summed E-state index contributed by atoms with van der Waals surface area (Å²) in [5.41, 5.74) is 1.48.